The number of fused-ring (bicyclic) bond motifs is 1. The van der Waals surface area contributed by atoms with Crippen molar-refractivity contribution < 1.29 is 27.8 Å². The van der Waals surface area contributed by atoms with Crippen LogP contribution in [0.1, 0.15) is 25.8 Å². The first-order valence-corrected chi connectivity index (χ1v) is 12.2. The van der Waals surface area contributed by atoms with E-state index in [1.165, 1.54) is 7.11 Å². The first kappa shape index (κ1) is 24.0. The summed E-state index contributed by atoms with van der Waals surface area (Å²) in [7, 11) is -1.97. The highest BCUT2D eigenvalue weighted by molar-refractivity contribution is 7.89. The lowest BCUT2D eigenvalue weighted by atomic mass is 9.92. The molecule has 0 saturated carbocycles. The normalized spacial score (nSPS) is 16.0. The van der Waals surface area contributed by atoms with Gasteiger partial charge in [0, 0.05) is 35.5 Å². The van der Waals surface area contributed by atoms with Gasteiger partial charge in [-0.05, 0) is 38.8 Å². The molecule has 1 atom stereocenters. The average molecular weight is 467 g/mol. The van der Waals surface area contributed by atoms with Crippen LogP contribution >= 0.6 is 0 Å². The van der Waals surface area contributed by atoms with Gasteiger partial charge in [0.25, 0.3) is 0 Å². The summed E-state index contributed by atoms with van der Waals surface area (Å²) in [5, 5.41) is 13.4. The molecule has 176 valence electrons. The van der Waals surface area contributed by atoms with E-state index in [-0.39, 0.29) is 31.6 Å². The molecule has 0 aliphatic carbocycles. The number of nitrogens with one attached hydrogen (secondary N) is 1. The van der Waals surface area contributed by atoms with Crippen molar-refractivity contribution in [1.29, 1.82) is 0 Å². The van der Waals surface area contributed by atoms with Crippen molar-refractivity contribution in [3.63, 3.8) is 0 Å². The molecule has 0 bridgehead atoms. The van der Waals surface area contributed by atoms with Crippen LogP contribution in [-0.4, -0.2) is 68.1 Å². The number of nitrogens with zero attached hydrogens (tertiary/aromatic N) is 3. The lowest BCUT2D eigenvalue weighted by Crippen LogP contribution is -2.42. The molecule has 2 N–H and O–H groups in total. The van der Waals surface area contributed by atoms with Crippen LogP contribution < -0.4 is 14.4 Å². The molecule has 1 amide bonds. The van der Waals surface area contributed by atoms with Gasteiger partial charge in [-0.2, -0.15) is 5.10 Å². The monoisotopic (exact) mass is 466 g/mol. The lowest BCUT2D eigenvalue weighted by molar-refractivity contribution is 0.175. The predicted octanol–water partition coefficient (Wildman–Crippen LogP) is 1.77. The number of hydrogen-bond donors (Lipinski definition) is 2. The highest BCUT2D eigenvalue weighted by atomic mass is 32.2. The van der Waals surface area contributed by atoms with Crippen LogP contribution in [0.15, 0.2) is 24.5 Å². The van der Waals surface area contributed by atoms with E-state index in [4.69, 9.17) is 9.47 Å². The van der Waals surface area contributed by atoms with Crippen LogP contribution in [0.5, 0.6) is 5.75 Å². The second kappa shape index (κ2) is 10.3. The summed E-state index contributed by atoms with van der Waals surface area (Å²) in [6.45, 7) is 4.13. The minimum Gasteiger partial charge on any atom is -0.491 e. The lowest BCUT2D eigenvalue weighted by Gasteiger charge is -2.35. The number of benzene rings is 1. The molecule has 1 aromatic carbocycles. The molecule has 1 aliphatic rings. The molecular weight excluding hydrogens is 436 g/mol. The third-order valence-electron chi connectivity index (χ3n) is 5.44. The third-order valence-corrected chi connectivity index (χ3v) is 6.85. The van der Waals surface area contributed by atoms with Crippen LogP contribution in [0.3, 0.4) is 0 Å². The smallest absolute Gasteiger partial charge is 0.414 e. The summed E-state index contributed by atoms with van der Waals surface area (Å²) in [4.78, 5) is 14.0. The first-order chi connectivity index (χ1) is 15.3. The van der Waals surface area contributed by atoms with Crippen molar-refractivity contribution in [3.05, 3.63) is 30.1 Å². The molecular formula is C21H30N4O6S. The zero-order chi connectivity index (χ0) is 23.3. The zero-order valence-electron chi connectivity index (χ0n) is 18.6. The fourth-order valence-electron chi connectivity index (χ4n) is 3.75. The predicted molar refractivity (Wildman–Crippen MR) is 120 cm³/mol. The zero-order valence-corrected chi connectivity index (χ0v) is 19.4. The number of ether oxygens (including phenoxy) is 2. The number of rotatable bonds is 9. The molecule has 1 aromatic heterocycles. The van der Waals surface area contributed by atoms with Gasteiger partial charge in [0.2, 0.25) is 10.0 Å². The Morgan fingerprint density at radius 3 is 2.84 bits per heavy atom. The molecule has 0 fully saturated rings. The second-order valence-electron chi connectivity index (χ2n) is 7.53. The van der Waals surface area contributed by atoms with E-state index < -0.39 is 16.1 Å². The van der Waals surface area contributed by atoms with Gasteiger partial charge < -0.3 is 14.6 Å². The topological polar surface area (TPSA) is 123 Å². The Morgan fingerprint density at radius 1 is 1.38 bits per heavy atom. The van der Waals surface area contributed by atoms with Crippen molar-refractivity contribution in [2.75, 3.05) is 37.5 Å². The Balaban J connectivity index is 1.98. The van der Waals surface area contributed by atoms with E-state index in [0.717, 1.165) is 23.1 Å². The number of sulfonamides is 1. The Kier molecular flexibility index (Phi) is 7.75. The maximum atomic E-state index is 12.4. The van der Waals surface area contributed by atoms with Crippen LogP contribution in [0.2, 0.25) is 0 Å². The van der Waals surface area contributed by atoms with E-state index in [9.17, 15) is 18.3 Å². The minimum atomic E-state index is -3.32. The van der Waals surface area contributed by atoms with Gasteiger partial charge in [-0.3, -0.25) is 9.58 Å². The Hall–Kier alpha value is -2.63. The van der Waals surface area contributed by atoms with E-state index in [1.54, 1.807) is 22.7 Å². The fourth-order valence-corrected chi connectivity index (χ4v) is 4.35. The summed E-state index contributed by atoms with van der Waals surface area (Å²) in [6.07, 6.45) is 4.48. The number of carbonyl (C=O) groups excluding carboxylic acids is 1. The molecule has 0 saturated heterocycles. The molecule has 0 spiro atoms. The van der Waals surface area contributed by atoms with Gasteiger partial charge in [0.15, 0.2) is 0 Å². The molecule has 10 nitrogen and oxygen atoms in total. The maximum Gasteiger partial charge on any atom is 0.414 e. The number of aliphatic hydroxyl groups is 1. The van der Waals surface area contributed by atoms with Crippen molar-refractivity contribution in [2.45, 2.75) is 39.3 Å². The maximum absolute atomic E-state index is 12.4. The third kappa shape index (κ3) is 5.22. The standard InChI is InChI=1S/C21H30N4O6S/c1-4-32(28,29)23-9-12-31-20-17(16-13-22-24(14-16)10-11-26)7-8-19-18(20)6-5-15(2)25(19)21(27)30-3/h7-8,13-15,23,26H,4-6,9-12H2,1-3H3/t15-/m0/s1. The summed E-state index contributed by atoms with van der Waals surface area (Å²) < 4.78 is 38.7. The molecule has 2 heterocycles. The number of amides is 1. The highest BCUT2D eigenvalue weighted by Gasteiger charge is 2.32. The number of carbonyl (C=O) groups is 1. The van der Waals surface area contributed by atoms with Gasteiger partial charge in [0.05, 0.1) is 37.9 Å². The summed E-state index contributed by atoms with van der Waals surface area (Å²) in [5.41, 5.74) is 3.16. The van der Waals surface area contributed by atoms with Gasteiger partial charge in [0.1, 0.15) is 12.4 Å². The molecule has 3 rings (SSSR count). The highest BCUT2D eigenvalue weighted by Crippen LogP contribution is 2.43. The van der Waals surface area contributed by atoms with Gasteiger partial charge in [-0.25, -0.2) is 17.9 Å². The van der Waals surface area contributed by atoms with Crippen molar-refractivity contribution in [3.8, 4) is 16.9 Å². The summed E-state index contributed by atoms with van der Waals surface area (Å²) in [5.74, 6) is 0.581. The molecule has 2 aromatic rings. The van der Waals surface area contributed by atoms with Crippen LogP contribution in [-0.2, 0) is 27.7 Å². The molecule has 32 heavy (non-hydrogen) atoms. The molecule has 0 unspecified atom stereocenters. The van der Waals surface area contributed by atoms with E-state index in [1.807, 2.05) is 25.3 Å². The Morgan fingerprint density at radius 2 is 2.16 bits per heavy atom. The molecule has 11 heteroatoms. The summed E-state index contributed by atoms with van der Waals surface area (Å²) in [6, 6.07) is 3.70. The second-order valence-corrected chi connectivity index (χ2v) is 9.63. The van der Waals surface area contributed by atoms with E-state index >= 15 is 0 Å². The first-order valence-electron chi connectivity index (χ1n) is 10.6. The van der Waals surface area contributed by atoms with Crippen molar-refractivity contribution >= 4 is 21.8 Å². The quantitative estimate of drug-likeness (QED) is 0.540. The van der Waals surface area contributed by atoms with Crippen molar-refractivity contribution in [1.82, 2.24) is 14.5 Å². The Labute approximate surface area is 188 Å². The van der Waals surface area contributed by atoms with Crippen LogP contribution in [0.25, 0.3) is 11.1 Å². The Bertz CT molecular complexity index is 1050. The van der Waals surface area contributed by atoms with Crippen LogP contribution in [0, 0.1) is 0 Å². The van der Waals surface area contributed by atoms with E-state index in [0.29, 0.717) is 24.4 Å². The van der Waals surface area contributed by atoms with Gasteiger partial charge >= 0.3 is 6.09 Å². The SMILES string of the molecule is CCS(=O)(=O)NCCOc1c(-c2cnn(CCO)c2)ccc2c1CC[C@H](C)N2C(=O)OC. The van der Waals surface area contributed by atoms with Crippen molar-refractivity contribution in [2.24, 2.45) is 0 Å². The van der Waals surface area contributed by atoms with E-state index in [2.05, 4.69) is 9.82 Å². The minimum absolute atomic E-state index is 0.00496. The van der Waals surface area contributed by atoms with Crippen LogP contribution in [0.4, 0.5) is 10.5 Å². The van der Waals surface area contributed by atoms with Gasteiger partial charge in [-0.1, -0.05) is 0 Å². The van der Waals surface area contributed by atoms with Gasteiger partial charge in [-0.15, -0.1) is 0 Å². The average Bonchev–Trinajstić information content (AvgIpc) is 3.24. The number of hydrogen-bond acceptors (Lipinski definition) is 7. The number of anilines is 1. The number of aliphatic hydroxyl groups excluding tert-OH is 1. The summed E-state index contributed by atoms with van der Waals surface area (Å²) >= 11 is 0. The number of aromatic nitrogens is 2. The largest absolute Gasteiger partial charge is 0.491 e. The molecule has 0 radical (unpaired) electrons. The fraction of sp³-hybridized carbons (Fsp3) is 0.524. The molecule has 1 aliphatic heterocycles. The number of methoxy groups -OCH3 is 1.